The first-order valence-corrected chi connectivity index (χ1v) is 5.70. The van der Waals surface area contributed by atoms with Crippen LogP contribution in [0.15, 0.2) is 0 Å². The fraction of sp³-hybridized carbons (Fsp3) is 0.818. The van der Waals surface area contributed by atoms with Gasteiger partial charge in [-0.3, -0.25) is 9.59 Å². The molecule has 0 saturated heterocycles. The van der Waals surface area contributed by atoms with Crippen molar-refractivity contribution in [3.8, 4) is 0 Å². The average Bonchev–Trinajstić information content (AvgIpc) is 2.31. The molecule has 2 unspecified atom stereocenters. The second-order valence-electron chi connectivity index (χ2n) is 4.00. The van der Waals surface area contributed by atoms with Crippen molar-refractivity contribution < 1.29 is 19.4 Å². The highest BCUT2D eigenvalue weighted by molar-refractivity contribution is 5.82. The predicted molar refractivity (Wildman–Crippen MR) is 63.5 cm³/mol. The first-order valence-electron chi connectivity index (χ1n) is 5.70. The third kappa shape index (κ3) is 5.65. The Morgan fingerprint density at radius 1 is 1.47 bits per heavy atom. The Morgan fingerprint density at radius 2 is 2.06 bits per heavy atom. The van der Waals surface area contributed by atoms with Crippen LogP contribution in [-0.4, -0.2) is 54.7 Å². The Morgan fingerprint density at radius 3 is 2.47 bits per heavy atom. The first-order chi connectivity index (χ1) is 7.93. The van der Waals surface area contributed by atoms with Crippen molar-refractivity contribution in [3.05, 3.63) is 0 Å². The van der Waals surface area contributed by atoms with Crippen molar-refractivity contribution in [2.45, 2.75) is 26.3 Å². The number of aliphatic carboxylic acids is 1. The number of ether oxygens (including phenoxy) is 1. The van der Waals surface area contributed by atoms with Gasteiger partial charge in [-0.2, -0.15) is 0 Å². The lowest BCUT2D eigenvalue weighted by Gasteiger charge is -2.25. The Hall–Kier alpha value is -1.14. The molecule has 0 heterocycles. The van der Waals surface area contributed by atoms with Gasteiger partial charge >= 0.3 is 5.97 Å². The monoisotopic (exact) mass is 246 g/mol. The van der Waals surface area contributed by atoms with E-state index in [4.69, 9.17) is 15.6 Å². The summed E-state index contributed by atoms with van der Waals surface area (Å²) in [5.74, 6) is -1.73. The molecule has 0 saturated carbocycles. The maximum atomic E-state index is 11.9. The number of hydrogen-bond donors (Lipinski definition) is 2. The van der Waals surface area contributed by atoms with Gasteiger partial charge < -0.3 is 20.5 Å². The van der Waals surface area contributed by atoms with E-state index in [0.717, 1.165) is 0 Å². The molecule has 0 aliphatic carbocycles. The van der Waals surface area contributed by atoms with Gasteiger partial charge in [0.2, 0.25) is 5.91 Å². The number of rotatable bonds is 8. The van der Waals surface area contributed by atoms with Crippen LogP contribution in [0.4, 0.5) is 0 Å². The van der Waals surface area contributed by atoms with Crippen LogP contribution in [0.3, 0.4) is 0 Å². The quantitative estimate of drug-likeness (QED) is 0.625. The number of carbonyl (C=O) groups excluding carboxylic acids is 1. The van der Waals surface area contributed by atoms with Gasteiger partial charge in [-0.25, -0.2) is 0 Å². The molecule has 0 aliphatic heterocycles. The molecular formula is C11H22N2O4. The Labute approximate surface area is 102 Å². The average molecular weight is 246 g/mol. The molecule has 0 aliphatic rings. The zero-order chi connectivity index (χ0) is 13.4. The van der Waals surface area contributed by atoms with E-state index in [1.54, 1.807) is 21.0 Å². The van der Waals surface area contributed by atoms with Crippen LogP contribution < -0.4 is 5.73 Å². The maximum Gasteiger partial charge on any atom is 0.308 e. The van der Waals surface area contributed by atoms with Crippen molar-refractivity contribution in [1.29, 1.82) is 0 Å². The molecule has 100 valence electrons. The summed E-state index contributed by atoms with van der Waals surface area (Å²) < 4.78 is 4.85. The molecule has 0 radical (unpaired) electrons. The number of nitrogens with two attached hydrogens (primary N) is 1. The van der Waals surface area contributed by atoms with Gasteiger partial charge in [-0.1, -0.05) is 6.92 Å². The van der Waals surface area contributed by atoms with Crippen molar-refractivity contribution in [3.63, 3.8) is 0 Å². The molecule has 3 N–H and O–H groups in total. The Bertz CT molecular complexity index is 258. The van der Waals surface area contributed by atoms with Crippen LogP contribution in [0.5, 0.6) is 0 Å². The zero-order valence-electron chi connectivity index (χ0n) is 10.7. The summed E-state index contributed by atoms with van der Waals surface area (Å²) >= 11 is 0. The lowest BCUT2D eigenvalue weighted by molar-refractivity contribution is -0.143. The minimum atomic E-state index is -0.915. The number of nitrogens with zero attached hydrogens (tertiary/aromatic N) is 1. The van der Waals surface area contributed by atoms with E-state index in [9.17, 15) is 9.59 Å². The number of carboxylic acid groups (broad SMARTS) is 1. The highest BCUT2D eigenvalue weighted by atomic mass is 16.5. The van der Waals surface area contributed by atoms with Gasteiger partial charge in [0.15, 0.2) is 0 Å². The lowest BCUT2D eigenvalue weighted by atomic mass is 10.1. The third-order valence-electron chi connectivity index (χ3n) is 2.56. The number of carboxylic acids is 1. The first kappa shape index (κ1) is 15.9. The van der Waals surface area contributed by atoms with Gasteiger partial charge in [0, 0.05) is 26.8 Å². The molecule has 0 fully saturated rings. The summed E-state index contributed by atoms with van der Waals surface area (Å²) in [7, 11) is 1.54. The standard InChI is InChI=1S/C11H22N2O4/c1-4-13(7-8(2)11(15)16)10(14)9(12)5-6-17-3/h8-9H,4-7,12H2,1-3H3,(H,15,16). The van der Waals surface area contributed by atoms with Crippen molar-refractivity contribution in [2.75, 3.05) is 26.8 Å². The summed E-state index contributed by atoms with van der Waals surface area (Å²) in [5, 5.41) is 8.80. The molecule has 0 aromatic heterocycles. The van der Waals surface area contributed by atoms with Crippen LogP contribution in [0.2, 0.25) is 0 Å². The largest absolute Gasteiger partial charge is 0.481 e. The van der Waals surface area contributed by atoms with Crippen molar-refractivity contribution in [1.82, 2.24) is 4.90 Å². The molecule has 0 aromatic rings. The van der Waals surface area contributed by atoms with E-state index in [-0.39, 0.29) is 12.5 Å². The fourth-order valence-electron chi connectivity index (χ4n) is 1.39. The zero-order valence-corrected chi connectivity index (χ0v) is 10.7. The van der Waals surface area contributed by atoms with Crippen LogP contribution in [0.25, 0.3) is 0 Å². The molecule has 0 bridgehead atoms. The number of carbonyl (C=O) groups is 2. The minimum Gasteiger partial charge on any atom is -0.481 e. The van der Waals surface area contributed by atoms with E-state index in [1.807, 2.05) is 0 Å². The molecule has 1 amide bonds. The minimum absolute atomic E-state index is 0.186. The summed E-state index contributed by atoms with van der Waals surface area (Å²) in [6.07, 6.45) is 0.438. The summed E-state index contributed by atoms with van der Waals surface area (Å²) in [6.45, 7) is 4.43. The summed E-state index contributed by atoms with van der Waals surface area (Å²) in [6, 6.07) is -0.629. The van der Waals surface area contributed by atoms with Gasteiger partial charge in [-0.05, 0) is 13.3 Å². The lowest BCUT2D eigenvalue weighted by Crippen LogP contribution is -2.46. The van der Waals surface area contributed by atoms with Crippen LogP contribution in [-0.2, 0) is 14.3 Å². The topological polar surface area (TPSA) is 92.9 Å². The molecule has 0 rings (SSSR count). The normalized spacial score (nSPS) is 14.1. The van der Waals surface area contributed by atoms with Gasteiger partial charge in [0.1, 0.15) is 0 Å². The smallest absolute Gasteiger partial charge is 0.308 e. The SMILES string of the molecule is CCN(CC(C)C(=O)O)C(=O)C(N)CCOC. The molecule has 0 aromatic carbocycles. The van der Waals surface area contributed by atoms with Crippen LogP contribution in [0, 0.1) is 5.92 Å². The van der Waals surface area contributed by atoms with Crippen LogP contribution in [0.1, 0.15) is 20.3 Å². The highest BCUT2D eigenvalue weighted by Gasteiger charge is 2.23. The third-order valence-corrected chi connectivity index (χ3v) is 2.56. The number of hydrogen-bond acceptors (Lipinski definition) is 4. The van der Waals surface area contributed by atoms with Gasteiger partial charge in [0.05, 0.1) is 12.0 Å². The molecular weight excluding hydrogens is 224 g/mol. The number of methoxy groups -OCH3 is 1. The van der Waals surface area contributed by atoms with Gasteiger partial charge in [-0.15, -0.1) is 0 Å². The summed E-state index contributed by atoms with van der Waals surface area (Å²) in [4.78, 5) is 24.1. The number of likely N-dealkylation sites (N-methyl/N-ethyl adjacent to an activating group) is 1. The van der Waals surface area contributed by atoms with Gasteiger partial charge in [0.25, 0.3) is 0 Å². The Kier molecular flexibility index (Phi) is 7.49. The Balaban J connectivity index is 4.34. The highest BCUT2D eigenvalue weighted by Crippen LogP contribution is 2.04. The van der Waals surface area contributed by atoms with E-state index in [2.05, 4.69) is 0 Å². The molecule has 6 nitrogen and oxygen atoms in total. The van der Waals surface area contributed by atoms with E-state index in [0.29, 0.717) is 19.6 Å². The van der Waals surface area contributed by atoms with E-state index < -0.39 is 17.9 Å². The second-order valence-corrected chi connectivity index (χ2v) is 4.00. The summed E-state index contributed by atoms with van der Waals surface area (Å²) in [5.41, 5.74) is 5.71. The van der Waals surface area contributed by atoms with Crippen molar-refractivity contribution >= 4 is 11.9 Å². The van der Waals surface area contributed by atoms with Crippen LogP contribution >= 0.6 is 0 Å². The van der Waals surface area contributed by atoms with E-state index >= 15 is 0 Å². The molecule has 2 atom stereocenters. The maximum absolute atomic E-state index is 11.9. The molecule has 0 spiro atoms. The number of amides is 1. The van der Waals surface area contributed by atoms with Crippen molar-refractivity contribution in [2.24, 2.45) is 11.7 Å². The van der Waals surface area contributed by atoms with E-state index in [1.165, 1.54) is 4.90 Å². The fourth-order valence-corrected chi connectivity index (χ4v) is 1.39. The second kappa shape index (κ2) is 8.03. The molecule has 6 heteroatoms. The molecule has 17 heavy (non-hydrogen) atoms. The predicted octanol–water partition coefficient (Wildman–Crippen LogP) is -0.0806.